The van der Waals surface area contributed by atoms with Gasteiger partial charge in [-0.2, -0.15) is 0 Å². The third-order valence-electron chi connectivity index (χ3n) is 1.47. The van der Waals surface area contributed by atoms with Crippen molar-refractivity contribution in [2.45, 2.75) is 6.92 Å². The van der Waals surface area contributed by atoms with Crippen LogP contribution in [0.15, 0.2) is 18.8 Å². The molecular weight excluding hydrogens is 138 g/mol. The molecule has 58 valence electrons. The number of nitrogens with zero attached hydrogens (tertiary/aromatic N) is 1. The van der Waals surface area contributed by atoms with Crippen LogP contribution in [0.1, 0.15) is 11.3 Å². The van der Waals surface area contributed by atoms with Gasteiger partial charge in [0.05, 0.1) is 13.3 Å². The Balaban J connectivity index is 3.16. The second-order valence-electron chi connectivity index (χ2n) is 2.27. The number of aryl methyl sites for hydroxylation is 1. The molecule has 0 aliphatic heterocycles. The van der Waals surface area contributed by atoms with Gasteiger partial charge < -0.3 is 4.74 Å². The predicted octanol–water partition coefficient (Wildman–Crippen LogP) is 2.04. The Morgan fingerprint density at radius 3 is 2.91 bits per heavy atom. The summed E-state index contributed by atoms with van der Waals surface area (Å²) in [6.07, 6.45) is 3.46. The quantitative estimate of drug-likeness (QED) is 0.642. The number of hydrogen-bond donors (Lipinski definition) is 0. The van der Waals surface area contributed by atoms with Crippen molar-refractivity contribution in [1.29, 1.82) is 0 Å². The lowest BCUT2D eigenvalue weighted by Gasteiger charge is -2.03. The van der Waals surface area contributed by atoms with Gasteiger partial charge in [-0.1, -0.05) is 12.7 Å². The van der Waals surface area contributed by atoms with Crippen molar-refractivity contribution >= 4 is 6.08 Å². The molecule has 2 nitrogen and oxygen atoms in total. The van der Waals surface area contributed by atoms with E-state index in [-0.39, 0.29) is 0 Å². The Morgan fingerprint density at radius 2 is 2.36 bits per heavy atom. The van der Waals surface area contributed by atoms with Crippen molar-refractivity contribution in [3.63, 3.8) is 0 Å². The van der Waals surface area contributed by atoms with Crippen molar-refractivity contribution < 1.29 is 4.74 Å². The Kier molecular flexibility index (Phi) is 2.26. The first-order chi connectivity index (χ1) is 5.27. The third-order valence-corrected chi connectivity index (χ3v) is 1.47. The summed E-state index contributed by atoms with van der Waals surface area (Å²) in [6, 6.07) is 1.94. The highest BCUT2D eigenvalue weighted by Gasteiger charge is 1.98. The van der Waals surface area contributed by atoms with E-state index in [1.807, 2.05) is 13.0 Å². The van der Waals surface area contributed by atoms with Crippen LogP contribution in [0.4, 0.5) is 0 Å². The van der Waals surface area contributed by atoms with Gasteiger partial charge in [-0.05, 0) is 13.0 Å². The third kappa shape index (κ3) is 1.58. The van der Waals surface area contributed by atoms with Crippen LogP contribution >= 0.6 is 0 Å². The first-order valence-corrected chi connectivity index (χ1v) is 3.41. The van der Waals surface area contributed by atoms with E-state index >= 15 is 0 Å². The largest absolute Gasteiger partial charge is 0.495 e. The Labute approximate surface area is 66.5 Å². The SMILES string of the molecule is C=Cc1cc(C)ncc1OC. The fourth-order valence-electron chi connectivity index (χ4n) is 0.898. The van der Waals surface area contributed by atoms with Gasteiger partial charge in [-0.3, -0.25) is 4.98 Å². The summed E-state index contributed by atoms with van der Waals surface area (Å²) >= 11 is 0. The monoisotopic (exact) mass is 149 g/mol. The zero-order valence-corrected chi connectivity index (χ0v) is 6.79. The Bertz CT molecular complexity index is 268. The van der Waals surface area contributed by atoms with E-state index in [4.69, 9.17) is 4.74 Å². The molecule has 0 fully saturated rings. The van der Waals surface area contributed by atoms with E-state index in [0.717, 1.165) is 17.0 Å². The van der Waals surface area contributed by atoms with Gasteiger partial charge in [0.25, 0.3) is 0 Å². The summed E-state index contributed by atoms with van der Waals surface area (Å²) < 4.78 is 5.06. The molecule has 0 radical (unpaired) electrons. The molecule has 1 aromatic rings. The van der Waals surface area contributed by atoms with E-state index in [2.05, 4.69) is 11.6 Å². The number of ether oxygens (including phenoxy) is 1. The van der Waals surface area contributed by atoms with Gasteiger partial charge in [-0.25, -0.2) is 0 Å². The minimum absolute atomic E-state index is 0.769. The fourth-order valence-corrected chi connectivity index (χ4v) is 0.898. The first-order valence-electron chi connectivity index (χ1n) is 3.41. The van der Waals surface area contributed by atoms with Crippen LogP contribution in [0.2, 0.25) is 0 Å². The minimum Gasteiger partial charge on any atom is -0.495 e. The van der Waals surface area contributed by atoms with Gasteiger partial charge in [0, 0.05) is 11.3 Å². The van der Waals surface area contributed by atoms with E-state index < -0.39 is 0 Å². The topological polar surface area (TPSA) is 22.1 Å². The number of hydrogen-bond acceptors (Lipinski definition) is 2. The predicted molar refractivity (Wildman–Crippen MR) is 45.6 cm³/mol. The standard InChI is InChI=1S/C9H11NO/c1-4-8-5-7(2)10-6-9(8)11-3/h4-6H,1H2,2-3H3. The summed E-state index contributed by atoms with van der Waals surface area (Å²) in [5.41, 5.74) is 1.96. The molecule has 1 rings (SSSR count). The molecule has 0 saturated carbocycles. The van der Waals surface area contributed by atoms with Gasteiger partial charge in [0.15, 0.2) is 0 Å². The molecule has 0 aliphatic carbocycles. The van der Waals surface area contributed by atoms with Crippen molar-refractivity contribution in [2.24, 2.45) is 0 Å². The molecule has 0 N–H and O–H groups in total. The van der Waals surface area contributed by atoms with Gasteiger partial charge in [0.2, 0.25) is 0 Å². The summed E-state index contributed by atoms with van der Waals surface area (Å²) in [5, 5.41) is 0. The average molecular weight is 149 g/mol. The molecular formula is C9H11NO. The molecule has 0 unspecified atom stereocenters. The molecule has 0 atom stereocenters. The maximum Gasteiger partial charge on any atom is 0.144 e. The smallest absolute Gasteiger partial charge is 0.144 e. The van der Waals surface area contributed by atoms with Gasteiger partial charge in [0.1, 0.15) is 5.75 Å². The Morgan fingerprint density at radius 1 is 1.64 bits per heavy atom. The number of rotatable bonds is 2. The van der Waals surface area contributed by atoms with Gasteiger partial charge >= 0.3 is 0 Å². The lowest BCUT2D eigenvalue weighted by molar-refractivity contribution is 0.411. The van der Waals surface area contributed by atoms with Crippen molar-refractivity contribution in [3.05, 3.63) is 30.1 Å². The van der Waals surface area contributed by atoms with Crippen LogP contribution in [0.3, 0.4) is 0 Å². The normalized spacial score (nSPS) is 9.27. The molecule has 0 amide bonds. The van der Waals surface area contributed by atoms with Crippen molar-refractivity contribution in [3.8, 4) is 5.75 Å². The maximum absolute atomic E-state index is 5.06. The van der Waals surface area contributed by atoms with E-state index in [1.54, 1.807) is 19.4 Å². The molecule has 1 heterocycles. The highest BCUT2D eigenvalue weighted by Crippen LogP contribution is 2.17. The van der Waals surface area contributed by atoms with Crippen LogP contribution in [0.5, 0.6) is 5.75 Å². The van der Waals surface area contributed by atoms with Crippen LogP contribution in [0.25, 0.3) is 6.08 Å². The highest BCUT2D eigenvalue weighted by atomic mass is 16.5. The van der Waals surface area contributed by atoms with Crippen LogP contribution in [-0.4, -0.2) is 12.1 Å². The molecule has 0 bridgehead atoms. The van der Waals surface area contributed by atoms with Gasteiger partial charge in [-0.15, -0.1) is 0 Å². The summed E-state index contributed by atoms with van der Waals surface area (Å²) in [7, 11) is 1.62. The molecule has 0 aromatic carbocycles. The van der Waals surface area contributed by atoms with Crippen LogP contribution < -0.4 is 4.74 Å². The summed E-state index contributed by atoms with van der Waals surface area (Å²) in [6.45, 7) is 5.61. The number of aromatic nitrogens is 1. The first kappa shape index (κ1) is 7.79. The van der Waals surface area contributed by atoms with Crippen LogP contribution in [0, 0.1) is 6.92 Å². The zero-order valence-electron chi connectivity index (χ0n) is 6.79. The molecule has 0 aliphatic rings. The Hall–Kier alpha value is -1.31. The average Bonchev–Trinajstić information content (AvgIpc) is 2.04. The molecule has 0 spiro atoms. The molecule has 11 heavy (non-hydrogen) atoms. The zero-order chi connectivity index (χ0) is 8.27. The summed E-state index contributed by atoms with van der Waals surface area (Å²) in [5.74, 6) is 0.769. The maximum atomic E-state index is 5.06. The van der Waals surface area contributed by atoms with Crippen molar-refractivity contribution in [1.82, 2.24) is 4.98 Å². The van der Waals surface area contributed by atoms with E-state index in [9.17, 15) is 0 Å². The van der Waals surface area contributed by atoms with Crippen LogP contribution in [-0.2, 0) is 0 Å². The highest BCUT2D eigenvalue weighted by molar-refractivity contribution is 5.55. The lowest BCUT2D eigenvalue weighted by atomic mass is 10.2. The second kappa shape index (κ2) is 3.19. The second-order valence-corrected chi connectivity index (χ2v) is 2.27. The molecule has 0 saturated heterocycles. The minimum atomic E-state index is 0.769. The number of methoxy groups -OCH3 is 1. The van der Waals surface area contributed by atoms with E-state index in [1.165, 1.54) is 0 Å². The fraction of sp³-hybridized carbons (Fsp3) is 0.222. The number of pyridine rings is 1. The van der Waals surface area contributed by atoms with E-state index in [0.29, 0.717) is 0 Å². The van der Waals surface area contributed by atoms with Crippen molar-refractivity contribution in [2.75, 3.05) is 7.11 Å². The molecule has 2 heteroatoms. The molecule has 1 aromatic heterocycles. The summed E-state index contributed by atoms with van der Waals surface area (Å²) in [4.78, 5) is 4.09. The lowest BCUT2D eigenvalue weighted by Crippen LogP contribution is -1.89.